The largest absolute Gasteiger partial charge is 0.368 e. The average molecular weight is 316 g/mol. The molecule has 0 spiro atoms. The summed E-state index contributed by atoms with van der Waals surface area (Å²) in [6, 6.07) is 5.20. The molecule has 100 valence electrons. The minimum atomic E-state index is 0.166. The molecule has 1 aromatic carbocycles. The van der Waals surface area contributed by atoms with Crippen LogP contribution in [0.1, 0.15) is 0 Å². The van der Waals surface area contributed by atoms with E-state index in [0.29, 0.717) is 21.2 Å². The Morgan fingerprint density at radius 3 is 2.58 bits per heavy atom. The topological polar surface area (TPSA) is 67.9 Å². The summed E-state index contributed by atoms with van der Waals surface area (Å²) in [5.41, 5.74) is 5.66. The molecule has 5 nitrogen and oxygen atoms in total. The Balaban J connectivity index is 2.35. The highest BCUT2D eigenvalue weighted by Gasteiger charge is 2.10. The molecule has 2 aromatic rings. The van der Waals surface area contributed by atoms with E-state index in [-0.39, 0.29) is 5.95 Å². The van der Waals surface area contributed by atoms with E-state index < -0.39 is 0 Å². The molecule has 1 aromatic heterocycles. The van der Waals surface area contributed by atoms with Gasteiger partial charge in [-0.2, -0.15) is 15.0 Å². The first-order chi connectivity index (χ1) is 8.95. The van der Waals surface area contributed by atoms with Crippen molar-refractivity contribution < 1.29 is 0 Å². The fourth-order valence-corrected chi connectivity index (χ4v) is 2.55. The second-order valence-electron chi connectivity index (χ2n) is 3.85. The van der Waals surface area contributed by atoms with Crippen molar-refractivity contribution in [3.8, 4) is 0 Å². The number of hydrogen-bond acceptors (Lipinski definition) is 6. The van der Waals surface area contributed by atoms with Gasteiger partial charge in [-0.15, -0.1) is 0 Å². The van der Waals surface area contributed by atoms with Crippen LogP contribution in [0.4, 0.5) is 11.9 Å². The van der Waals surface area contributed by atoms with Gasteiger partial charge in [-0.05, 0) is 30.0 Å². The lowest BCUT2D eigenvalue weighted by Gasteiger charge is -2.11. The first-order valence-electron chi connectivity index (χ1n) is 5.27. The summed E-state index contributed by atoms with van der Waals surface area (Å²) < 4.78 is 0. The molecular formula is C11H11Cl2N5S. The third-order valence-corrected chi connectivity index (χ3v) is 3.71. The summed E-state index contributed by atoms with van der Waals surface area (Å²) in [5.74, 6) is 0.660. The van der Waals surface area contributed by atoms with Crippen molar-refractivity contribution >= 4 is 46.9 Å². The van der Waals surface area contributed by atoms with E-state index in [1.54, 1.807) is 23.1 Å². The average Bonchev–Trinajstić information content (AvgIpc) is 2.33. The van der Waals surface area contributed by atoms with Crippen LogP contribution in [0.2, 0.25) is 10.0 Å². The van der Waals surface area contributed by atoms with Crippen LogP contribution in [0.15, 0.2) is 28.3 Å². The highest BCUT2D eigenvalue weighted by molar-refractivity contribution is 7.99. The van der Waals surface area contributed by atoms with Gasteiger partial charge in [0.05, 0.1) is 5.02 Å². The van der Waals surface area contributed by atoms with Gasteiger partial charge in [0.2, 0.25) is 11.9 Å². The van der Waals surface area contributed by atoms with E-state index in [9.17, 15) is 0 Å². The number of nitrogens with two attached hydrogens (primary N) is 1. The second-order valence-corrected chi connectivity index (χ2v) is 5.70. The van der Waals surface area contributed by atoms with Crippen LogP contribution >= 0.6 is 35.0 Å². The molecule has 0 aliphatic rings. The van der Waals surface area contributed by atoms with Gasteiger partial charge < -0.3 is 10.6 Å². The molecule has 0 saturated carbocycles. The number of anilines is 2. The van der Waals surface area contributed by atoms with E-state index in [0.717, 1.165) is 4.90 Å². The predicted molar refractivity (Wildman–Crippen MR) is 79.2 cm³/mol. The van der Waals surface area contributed by atoms with E-state index in [2.05, 4.69) is 15.0 Å². The van der Waals surface area contributed by atoms with Crippen LogP contribution in [0.3, 0.4) is 0 Å². The molecule has 0 aliphatic heterocycles. The van der Waals surface area contributed by atoms with Gasteiger partial charge in [-0.1, -0.05) is 23.2 Å². The van der Waals surface area contributed by atoms with Crippen LogP contribution in [-0.4, -0.2) is 29.0 Å². The van der Waals surface area contributed by atoms with Gasteiger partial charge in [0, 0.05) is 24.0 Å². The summed E-state index contributed by atoms with van der Waals surface area (Å²) in [4.78, 5) is 14.9. The molecule has 0 saturated heterocycles. The van der Waals surface area contributed by atoms with Crippen molar-refractivity contribution in [3.63, 3.8) is 0 Å². The van der Waals surface area contributed by atoms with E-state index >= 15 is 0 Å². The van der Waals surface area contributed by atoms with Gasteiger partial charge in [-0.3, -0.25) is 0 Å². The zero-order chi connectivity index (χ0) is 14.0. The highest BCUT2D eigenvalue weighted by atomic mass is 35.5. The summed E-state index contributed by atoms with van der Waals surface area (Å²) >= 11 is 13.3. The van der Waals surface area contributed by atoms with Crippen molar-refractivity contribution in [2.24, 2.45) is 0 Å². The van der Waals surface area contributed by atoms with E-state index in [4.69, 9.17) is 28.9 Å². The number of aromatic nitrogens is 3. The Morgan fingerprint density at radius 2 is 1.89 bits per heavy atom. The molecule has 0 amide bonds. The smallest absolute Gasteiger partial charge is 0.230 e. The Kier molecular flexibility index (Phi) is 4.34. The van der Waals surface area contributed by atoms with Gasteiger partial charge >= 0.3 is 0 Å². The standard InChI is InChI=1S/C11H11Cl2N5S/c1-18(2)10-15-9(14)16-11(17-10)19-8-5-6(12)3-4-7(8)13/h3-5H,1-2H3,(H2,14,15,16,17). The summed E-state index contributed by atoms with van der Waals surface area (Å²) in [5, 5.41) is 1.65. The number of rotatable bonds is 3. The molecule has 2 N–H and O–H groups in total. The van der Waals surface area contributed by atoms with Crippen molar-refractivity contribution in [2.75, 3.05) is 24.7 Å². The van der Waals surface area contributed by atoms with Crippen LogP contribution in [0, 0.1) is 0 Å². The zero-order valence-electron chi connectivity index (χ0n) is 10.3. The monoisotopic (exact) mass is 315 g/mol. The van der Waals surface area contributed by atoms with Crippen molar-refractivity contribution in [1.29, 1.82) is 0 Å². The molecule has 8 heteroatoms. The Bertz CT molecular complexity index is 606. The quantitative estimate of drug-likeness (QED) is 0.939. The number of halogens is 2. The number of benzene rings is 1. The lowest BCUT2D eigenvalue weighted by Crippen LogP contribution is -2.15. The highest BCUT2D eigenvalue weighted by Crippen LogP contribution is 2.33. The third kappa shape index (κ3) is 3.62. The van der Waals surface area contributed by atoms with Gasteiger partial charge in [0.1, 0.15) is 0 Å². The Hall–Kier alpha value is -1.24. The molecule has 2 rings (SSSR count). The van der Waals surface area contributed by atoms with Gasteiger partial charge in [-0.25, -0.2) is 0 Å². The maximum absolute atomic E-state index is 6.10. The molecule has 1 heterocycles. The maximum Gasteiger partial charge on any atom is 0.230 e. The minimum Gasteiger partial charge on any atom is -0.368 e. The fraction of sp³-hybridized carbons (Fsp3) is 0.182. The molecule has 0 unspecified atom stereocenters. The van der Waals surface area contributed by atoms with Gasteiger partial charge in [0.25, 0.3) is 0 Å². The molecule has 0 bridgehead atoms. The van der Waals surface area contributed by atoms with Crippen LogP contribution in [0.25, 0.3) is 0 Å². The van der Waals surface area contributed by atoms with Crippen LogP contribution < -0.4 is 10.6 Å². The molecule has 0 radical (unpaired) electrons. The maximum atomic E-state index is 6.10. The zero-order valence-corrected chi connectivity index (χ0v) is 12.6. The normalized spacial score (nSPS) is 10.5. The lowest BCUT2D eigenvalue weighted by atomic mass is 10.4. The lowest BCUT2D eigenvalue weighted by molar-refractivity contribution is 0.876. The second kappa shape index (κ2) is 5.81. The molecule has 0 atom stereocenters. The van der Waals surface area contributed by atoms with Gasteiger partial charge in [0.15, 0.2) is 5.16 Å². The van der Waals surface area contributed by atoms with Crippen LogP contribution in [-0.2, 0) is 0 Å². The summed E-state index contributed by atoms with van der Waals surface area (Å²) in [6.07, 6.45) is 0. The van der Waals surface area contributed by atoms with Crippen molar-refractivity contribution in [3.05, 3.63) is 28.2 Å². The molecule has 0 fully saturated rings. The fourth-order valence-electron chi connectivity index (χ4n) is 1.26. The van der Waals surface area contributed by atoms with Crippen molar-refractivity contribution in [2.45, 2.75) is 10.1 Å². The Morgan fingerprint density at radius 1 is 1.16 bits per heavy atom. The molecular weight excluding hydrogens is 305 g/mol. The number of nitrogens with zero attached hydrogens (tertiary/aromatic N) is 4. The number of nitrogen functional groups attached to an aromatic ring is 1. The minimum absolute atomic E-state index is 0.166. The SMILES string of the molecule is CN(C)c1nc(N)nc(Sc2cc(Cl)ccc2Cl)n1. The van der Waals surface area contributed by atoms with E-state index in [1.165, 1.54) is 11.8 Å². The summed E-state index contributed by atoms with van der Waals surface area (Å²) in [7, 11) is 3.66. The predicted octanol–water partition coefficient (Wildman–Crippen LogP) is 2.98. The van der Waals surface area contributed by atoms with Crippen LogP contribution in [0.5, 0.6) is 0 Å². The first-order valence-corrected chi connectivity index (χ1v) is 6.85. The third-order valence-electron chi connectivity index (χ3n) is 2.11. The number of hydrogen-bond donors (Lipinski definition) is 1. The molecule has 0 aliphatic carbocycles. The van der Waals surface area contributed by atoms with E-state index in [1.807, 2.05) is 14.1 Å². The van der Waals surface area contributed by atoms with Crippen molar-refractivity contribution in [1.82, 2.24) is 15.0 Å². The molecule has 19 heavy (non-hydrogen) atoms. The first kappa shape index (κ1) is 14.2. The Labute approximate surface area is 125 Å². The summed E-state index contributed by atoms with van der Waals surface area (Å²) in [6.45, 7) is 0.